The molecular formula is C13H21N3O2. The Bertz CT molecular complexity index is 421. The molecule has 0 radical (unpaired) electrons. The van der Waals surface area contributed by atoms with E-state index in [2.05, 4.69) is 9.88 Å². The highest BCUT2D eigenvalue weighted by molar-refractivity contribution is 5.55. The Morgan fingerprint density at radius 1 is 1.56 bits per heavy atom. The summed E-state index contributed by atoms with van der Waals surface area (Å²) >= 11 is 0. The Hall–Kier alpha value is -1.49. The number of pyridine rings is 1. The molecule has 0 saturated carbocycles. The summed E-state index contributed by atoms with van der Waals surface area (Å²) in [5.41, 5.74) is 5.75. The predicted molar refractivity (Wildman–Crippen MR) is 71.9 cm³/mol. The average molecular weight is 251 g/mol. The third-order valence-corrected chi connectivity index (χ3v) is 3.09. The molecule has 0 aromatic carbocycles. The summed E-state index contributed by atoms with van der Waals surface area (Å²) < 4.78 is 5.51. The average Bonchev–Trinajstić information content (AvgIpc) is 2.69. The topological polar surface area (TPSA) is 71.6 Å². The summed E-state index contributed by atoms with van der Waals surface area (Å²) in [5, 5.41) is 9.97. The lowest BCUT2D eigenvalue weighted by Crippen LogP contribution is -2.30. The first kappa shape index (κ1) is 13.0. The molecular weight excluding hydrogens is 230 g/mol. The van der Waals surface area contributed by atoms with Crippen LogP contribution in [0.25, 0.3) is 0 Å². The molecule has 1 aromatic rings. The van der Waals surface area contributed by atoms with Crippen LogP contribution in [0.1, 0.15) is 26.7 Å². The minimum atomic E-state index is -0.631. The molecule has 18 heavy (non-hydrogen) atoms. The van der Waals surface area contributed by atoms with Gasteiger partial charge in [-0.2, -0.15) is 4.98 Å². The van der Waals surface area contributed by atoms with Gasteiger partial charge in [0.2, 0.25) is 5.88 Å². The van der Waals surface area contributed by atoms with Crippen LogP contribution >= 0.6 is 0 Å². The number of ether oxygens (including phenoxy) is 1. The lowest BCUT2D eigenvalue weighted by Gasteiger charge is -2.20. The molecule has 0 amide bonds. The number of β-amino-alcohol motifs (C(OH)–C–C–N with tert-alkyl or cyclic N) is 1. The molecule has 1 saturated heterocycles. The number of nitrogens with zero attached hydrogens (tertiary/aromatic N) is 2. The second-order valence-corrected chi connectivity index (χ2v) is 5.08. The molecule has 1 atom stereocenters. The first-order valence-electron chi connectivity index (χ1n) is 6.38. The molecule has 0 aliphatic carbocycles. The number of aliphatic hydroxyl groups is 1. The van der Waals surface area contributed by atoms with E-state index < -0.39 is 5.60 Å². The second kappa shape index (κ2) is 5.02. The molecule has 0 bridgehead atoms. The number of aromatic nitrogens is 1. The van der Waals surface area contributed by atoms with Crippen LogP contribution in [0.2, 0.25) is 0 Å². The van der Waals surface area contributed by atoms with E-state index in [1.165, 1.54) is 0 Å². The van der Waals surface area contributed by atoms with Gasteiger partial charge in [0, 0.05) is 13.1 Å². The van der Waals surface area contributed by atoms with Gasteiger partial charge in [-0.25, -0.2) is 0 Å². The van der Waals surface area contributed by atoms with Crippen molar-refractivity contribution in [3.8, 4) is 5.88 Å². The van der Waals surface area contributed by atoms with E-state index >= 15 is 0 Å². The van der Waals surface area contributed by atoms with Crippen LogP contribution in [-0.4, -0.2) is 35.4 Å². The normalized spacial score (nSPS) is 23.4. The largest absolute Gasteiger partial charge is 0.476 e. The van der Waals surface area contributed by atoms with Crippen LogP contribution in [0, 0.1) is 0 Å². The molecule has 0 spiro atoms. The third kappa shape index (κ3) is 2.85. The second-order valence-electron chi connectivity index (χ2n) is 5.08. The zero-order chi connectivity index (χ0) is 13.2. The number of nitrogen functional groups attached to an aromatic ring is 1. The van der Waals surface area contributed by atoms with E-state index in [1.54, 1.807) is 6.07 Å². The Morgan fingerprint density at radius 2 is 2.33 bits per heavy atom. The molecule has 5 heteroatoms. The van der Waals surface area contributed by atoms with E-state index in [0.29, 0.717) is 24.7 Å². The zero-order valence-corrected chi connectivity index (χ0v) is 11.0. The van der Waals surface area contributed by atoms with E-state index in [4.69, 9.17) is 10.5 Å². The Morgan fingerprint density at radius 3 is 2.94 bits per heavy atom. The van der Waals surface area contributed by atoms with Crippen molar-refractivity contribution in [1.29, 1.82) is 0 Å². The minimum absolute atomic E-state index is 0.487. The number of rotatable bonds is 4. The van der Waals surface area contributed by atoms with Crippen LogP contribution in [0.5, 0.6) is 5.88 Å². The van der Waals surface area contributed by atoms with Gasteiger partial charge in [0.25, 0.3) is 0 Å². The van der Waals surface area contributed by atoms with Gasteiger partial charge in [-0.15, -0.1) is 0 Å². The summed E-state index contributed by atoms with van der Waals surface area (Å²) in [5.74, 6) is 1.30. The standard InChI is InChI=1S/C13H21N3O2/c1-3-8-18-12-10(14)4-5-11(15-12)16-7-6-13(2,17)9-16/h4-5,17H,3,6-9,14H2,1-2H3. The fraction of sp³-hybridized carbons (Fsp3) is 0.615. The summed E-state index contributed by atoms with van der Waals surface area (Å²) in [4.78, 5) is 6.48. The molecule has 1 fully saturated rings. The van der Waals surface area contributed by atoms with Crippen molar-refractivity contribution in [2.45, 2.75) is 32.3 Å². The van der Waals surface area contributed by atoms with E-state index in [-0.39, 0.29) is 0 Å². The van der Waals surface area contributed by atoms with E-state index in [9.17, 15) is 5.11 Å². The van der Waals surface area contributed by atoms with Crippen molar-refractivity contribution in [2.24, 2.45) is 0 Å². The number of hydrogen-bond donors (Lipinski definition) is 2. The van der Waals surface area contributed by atoms with Crippen LogP contribution in [0.15, 0.2) is 12.1 Å². The van der Waals surface area contributed by atoms with Gasteiger partial charge < -0.3 is 20.5 Å². The van der Waals surface area contributed by atoms with Crippen LogP contribution in [-0.2, 0) is 0 Å². The summed E-state index contributed by atoms with van der Waals surface area (Å²) in [6.07, 6.45) is 1.67. The van der Waals surface area contributed by atoms with Gasteiger partial charge in [-0.3, -0.25) is 0 Å². The maximum Gasteiger partial charge on any atom is 0.239 e. The van der Waals surface area contributed by atoms with Crippen molar-refractivity contribution in [3.63, 3.8) is 0 Å². The molecule has 2 rings (SSSR count). The lowest BCUT2D eigenvalue weighted by atomic mass is 10.1. The molecule has 1 unspecified atom stereocenters. The van der Waals surface area contributed by atoms with Crippen molar-refractivity contribution >= 4 is 11.5 Å². The molecule has 2 heterocycles. The SMILES string of the molecule is CCCOc1nc(N2CCC(C)(O)C2)ccc1N. The first-order valence-corrected chi connectivity index (χ1v) is 6.38. The molecule has 1 aliphatic rings. The smallest absolute Gasteiger partial charge is 0.239 e. The van der Waals surface area contributed by atoms with Crippen molar-refractivity contribution in [3.05, 3.63) is 12.1 Å². The quantitative estimate of drug-likeness (QED) is 0.846. The Labute approximate surface area is 108 Å². The highest BCUT2D eigenvalue weighted by Crippen LogP contribution is 2.28. The highest BCUT2D eigenvalue weighted by Gasteiger charge is 2.32. The number of nitrogens with two attached hydrogens (primary N) is 1. The van der Waals surface area contributed by atoms with Crippen molar-refractivity contribution in [1.82, 2.24) is 4.98 Å². The Kier molecular flexibility index (Phi) is 3.61. The van der Waals surface area contributed by atoms with Gasteiger partial charge in [0.15, 0.2) is 0 Å². The summed E-state index contributed by atoms with van der Waals surface area (Å²) in [6.45, 7) is 5.89. The minimum Gasteiger partial charge on any atom is -0.476 e. The van der Waals surface area contributed by atoms with Gasteiger partial charge in [-0.1, -0.05) is 6.92 Å². The van der Waals surface area contributed by atoms with Crippen LogP contribution in [0.4, 0.5) is 11.5 Å². The predicted octanol–water partition coefficient (Wildman–Crippen LogP) is 1.41. The lowest BCUT2D eigenvalue weighted by molar-refractivity contribution is 0.0839. The van der Waals surface area contributed by atoms with Gasteiger partial charge >= 0.3 is 0 Å². The molecule has 3 N–H and O–H groups in total. The van der Waals surface area contributed by atoms with E-state index in [0.717, 1.165) is 25.2 Å². The summed E-state index contributed by atoms with van der Waals surface area (Å²) in [7, 11) is 0. The van der Waals surface area contributed by atoms with Crippen LogP contribution < -0.4 is 15.4 Å². The maximum absolute atomic E-state index is 9.97. The van der Waals surface area contributed by atoms with Crippen molar-refractivity contribution < 1.29 is 9.84 Å². The molecule has 5 nitrogen and oxygen atoms in total. The highest BCUT2D eigenvalue weighted by atomic mass is 16.5. The van der Waals surface area contributed by atoms with Gasteiger partial charge in [-0.05, 0) is 31.9 Å². The van der Waals surface area contributed by atoms with E-state index in [1.807, 2.05) is 19.9 Å². The van der Waals surface area contributed by atoms with Crippen LogP contribution in [0.3, 0.4) is 0 Å². The molecule has 1 aliphatic heterocycles. The number of hydrogen-bond acceptors (Lipinski definition) is 5. The Balaban J connectivity index is 2.14. The fourth-order valence-corrected chi connectivity index (χ4v) is 2.07. The van der Waals surface area contributed by atoms with Gasteiger partial charge in [0.05, 0.1) is 17.9 Å². The number of anilines is 2. The fourth-order valence-electron chi connectivity index (χ4n) is 2.07. The maximum atomic E-state index is 9.97. The molecule has 1 aromatic heterocycles. The first-order chi connectivity index (χ1) is 8.52. The summed E-state index contributed by atoms with van der Waals surface area (Å²) in [6, 6.07) is 3.68. The zero-order valence-electron chi connectivity index (χ0n) is 11.0. The molecule has 100 valence electrons. The monoisotopic (exact) mass is 251 g/mol. The van der Waals surface area contributed by atoms with Crippen molar-refractivity contribution in [2.75, 3.05) is 30.3 Å². The third-order valence-electron chi connectivity index (χ3n) is 3.09. The van der Waals surface area contributed by atoms with Gasteiger partial charge in [0.1, 0.15) is 5.82 Å².